The highest BCUT2D eigenvalue weighted by Gasteiger charge is 2.50. The molecule has 1 saturated carbocycles. The molecule has 2 aliphatic carbocycles. The SMILES string of the molecule is CO[C@H]1/C=C/C[C@H](C)CS(=O)(CC(=O)N2CC(OC)(c3ncnn3C)C2)=NC(=O)c2ccc3c(c2)N(C[C@@H]2CC[C@H]21)C[C@@]1(CCCc2cc(Cl)ccc21)CO3. The lowest BCUT2D eigenvalue weighted by molar-refractivity contribution is -0.165. The van der Waals surface area contributed by atoms with Gasteiger partial charge < -0.3 is 24.0 Å². The summed E-state index contributed by atoms with van der Waals surface area (Å²) in [4.78, 5) is 36.3. The Balaban J connectivity index is 1.14. The highest BCUT2D eigenvalue weighted by atomic mass is 35.5. The highest BCUT2D eigenvalue weighted by molar-refractivity contribution is 7.94. The average molecular weight is 791 g/mol. The standard InChI is InChI=1S/C41H51ClN6O6S/c1-27-7-5-9-35(52-3)32-13-10-30(32)19-47-22-40(16-6-8-28-17-31(42)12-14-33(28)40)25-54-36-15-11-29(18-34(36)47)38(50)45-55(51,20-27)21-37(49)48-23-41(24-48,53-4)39-43-26-44-46(39)2/h5,9,11-12,14-15,17-18,26-27,30,32,35H,6-8,10,13,16,19-25H2,1-4H3/b9-5+/t27-,30-,32+,35-,40-,55?/m0/s1. The molecule has 3 aliphatic heterocycles. The Kier molecular flexibility index (Phi) is 10.4. The molecule has 14 heteroatoms. The molecule has 0 radical (unpaired) electrons. The number of aromatic nitrogens is 3. The van der Waals surface area contributed by atoms with Crippen molar-refractivity contribution in [2.45, 2.75) is 62.6 Å². The van der Waals surface area contributed by atoms with Gasteiger partial charge in [0.2, 0.25) is 5.91 Å². The number of nitrogens with zero attached hydrogens (tertiary/aromatic N) is 6. The first-order valence-electron chi connectivity index (χ1n) is 19.4. The van der Waals surface area contributed by atoms with Crippen molar-refractivity contribution >= 4 is 38.8 Å². The lowest BCUT2D eigenvalue weighted by Crippen LogP contribution is -2.64. The molecule has 2 aromatic carbocycles. The van der Waals surface area contributed by atoms with Gasteiger partial charge in [-0.05, 0) is 97.7 Å². The van der Waals surface area contributed by atoms with Gasteiger partial charge in [0.1, 0.15) is 17.8 Å². The zero-order valence-electron chi connectivity index (χ0n) is 32.1. The van der Waals surface area contributed by atoms with E-state index in [4.69, 9.17) is 25.8 Å². The van der Waals surface area contributed by atoms with Crippen molar-refractivity contribution in [2.24, 2.45) is 29.2 Å². The predicted octanol–water partition coefficient (Wildman–Crippen LogP) is 5.57. The summed E-state index contributed by atoms with van der Waals surface area (Å²) in [6, 6.07) is 11.7. The van der Waals surface area contributed by atoms with E-state index in [1.807, 2.05) is 25.1 Å². The molecule has 1 aromatic heterocycles. The fraction of sp³-hybridized carbons (Fsp3) is 0.561. The van der Waals surface area contributed by atoms with Crippen LogP contribution in [0, 0.1) is 17.8 Å². The molecular weight excluding hydrogens is 740 g/mol. The number of halogens is 1. The third-order valence-electron chi connectivity index (χ3n) is 12.7. The molecule has 6 atom stereocenters. The summed E-state index contributed by atoms with van der Waals surface area (Å²) in [5, 5.41) is 4.90. The molecule has 3 aromatic rings. The first kappa shape index (κ1) is 38.1. The zero-order valence-corrected chi connectivity index (χ0v) is 33.7. The van der Waals surface area contributed by atoms with E-state index < -0.39 is 21.2 Å². The van der Waals surface area contributed by atoms with E-state index in [2.05, 4.69) is 43.6 Å². The Bertz CT molecular complexity index is 2120. The number of anilines is 1. The van der Waals surface area contributed by atoms with E-state index in [1.165, 1.54) is 17.5 Å². The van der Waals surface area contributed by atoms with Gasteiger partial charge in [0, 0.05) is 56.1 Å². The average Bonchev–Trinajstić information content (AvgIpc) is 3.49. The van der Waals surface area contributed by atoms with E-state index in [0.29, 0.717) is 42.0 Å². The van der Waals surface area contributed by atoms with Crippen LogP contribution < -0.4 is 9.64 Å². The normalized spacial score (nSPS) is 30.8. The van der Waals surface area contributed by atoms with Crippen molar-refractivity contribution in [3.63, 3.8) is 0 Å². The first-order chi connectivity index (χ1) is 26.4. The van der Waals surface area contributed by atoms with Gasteiger partial charge >= 0.3 is 0 Å². The fourth-order valence-electron chi connectivity index (χ4n) is 9.57. The van der Waals surface area contributed by atoms with Crippen molar-refractivity contribution in [1.82, 2.24) is 19.7 Å². The van der Waals surface area contributed by atoms with Crippen LogP contribution in [0.1, 0.15) is 66.3 Å². The van der Waals surface area contributed by atoms with Crippen LogP contribution in [0.2, 0.25) is 5.02 Å². The van der Waals surface area contributed by atoms with Gasteiger partial charge in [0.25, 0.3) is 5.91 Å². The van der Waals surface area contributed by atoms with Crippen LogP contribution in [0.4, 0.5) is 5.69 Å². The Hall–Kier alpha value is -3.78. The van der Waals surface area contributed by atoms with E-state index in [-0.39, 0.29) is 47.9 Å². The Morgan fingerprint density at radius 2 is 1.96 bits per heavy atom. The number of carbonyl (C=O) groups is 2. The third kappa shape index (κ3) is 7.21. The van der Waals surface area contributed by atoms with Gasteiger partial charge in [-0.3, -0.25) is 14.3 Å². The van der Waals surface area contributed by atoms with Gasteiger partial charge in [-0.25, -0.2) is 9.19 Å². The van der Waals surface area contributed by atoms with Crippen LogP contribution in [0.5, 0.6) is 5.75 Å². The molecular formula is C41H51ClN6O6S. The van der Waals surface area contributed by atoms with Crippen LogP contribution >= 0.6 is 11.6 Å². The molecule has 1 unspecified atom stereocenters. The molecule has 55 heavy (non-hydrogen) atoms. The number of amides is 2. The Morgan fingerprint density at radius 1 is 1.13 bits per heavy atom. The minimum atomic E-state index is -3.33. The summed E-state index contributed by atoms with van der Waals surface area (Å²) in [5.41, 5.74) is 2.62. The molecule has 5 aliphatic rings. The summed E-state index contributed by atoms with van der Waals surface area (Å²) in [6.07, 6.45) is 11.4. The van der Waals surface area contributed by atoms with Crippen molar-refractivity contribution < 1.29 is 28.0 Å². The molecule has 2 fully saturated rings. The van der Waals surface area contributed by atoms with E-state index in [0.717, 1.165) is 55.9 Å². The summed E-state index contributed by atoms with van der Waals surface area (Å²) < 4.78 is 39.5. The van der Waals surface area contributed by atoms with Gasteiger partial charge in [0.15, 0.2) is 11.4 Å². The lowest BCUT2D eigenvalue weighted by atomic mass is 9.68. The van der Waals surface area contributed by atoms with Gasteiger partial charge in [-0.2, -0.15) is 9.46 Å². The number of fused-ring (bicyclic) bond motifs is 4. The quantitative estimate of drug-likeness (QED) is 0.305. The van der Waals surface area contributed by atoms with Crippen LogP contribution in [-0.2, 0) is 48.5 Å². The number of carbonyl (C=O) groups excluding carboxylic acids is 2. The largest absolute Gasteiger partial charge is 0.490 e. The number of likely N-dealkylation sites (tertiary alicyclic amines) is 1. The molecule has 12 nitrogen and oxygen atoms in total. The second kappa shape index (κ2) is 14.9. The molecule has 2 bridgehead atoms. The monoisotopic (exact) mass is 790 g/mol. The van der Waals surface area contributed by atoms with E-state index >= 15 is 0 Å². The molecule has 294 valence electrons. The van der Waals surface area contributed by atoms with Crippen LogP contribution in [0.3, 0.4) is 0 Å². The minimum Gasteiger partial charge on any atom is -0.490 e. The lowest BCUT2D eigenvalue weighted by Gasteiger charge is -2.47. The number of methoxy groups -OCH3 is 2. The number of aryl methyl sites for hydroxylation is 2. The molecule has 1 saturated heterocycles. The van der Waals surface area contributed by atoms with Crippen LogP contribution in [0.15, 0.2) is 59.2 Å². The second-order valence-electron chi connectivity index (χ2n) is 16.4. The smallest absolute Gasteiger partial charge is 0.285 e. The summed E-state index contributed by atoms with van der Waals surface area (Å²) in [6.45, 7) is 4.46. The molecule has 0 N–H and O–H groups in total. The molecule has 8 rings (SSSR count). The van der Waals surface area contributed by atoms with Crippen molar-refractivity contribution in [3.05, 3.63) is 82.4 Å². The number of ether oxygens (including phenoxy) is 3. The minimum absolute atomic E-state index is 0.0574. The van der Waals surface area contributed by atoms with E-state index in [1.54, 1.807) is 36.9 Å². The van der Waals surface area contributed by atoms with E-state index in [9.17, 15) is 13.8 Å². The summed E-state index contributed by atoms with van der Waals surface area (Å²) >= 11 is 6.48. The highest BCUT2D eigenvalue weighted by Crippen LogP contribution is 2.47. The predicted molar refractivity (Wildman–Crippen MR) is 211 cm³/mol. The summed E-state index contributed by atoms with van der Waals surface area (Å²) in [7, 11) is 1.80. The number of benzene rings is 2. The van der Waals surface area contributed by atoms with Gasteiger partial charge in [0.05, 0.1) is 41.2 Å². The van der Waals surface area contributed by atoms with Crippen molar-refractivity contribution in [2.75, 3.05) is 63.4 Å². The first-order valence-corrected chi connectivity index (χ1v) is 21.6. The Labute approximate surface area is 328 Å². The van der Waals surface area contributed by atoms with Crippen LogP contribution in [-0.4, -0.2) is 100 Å². The van der Waals surface area contributed by atoms with Crippen molar-refractivity contribution in [1.29, 1.82) is 0 Å². The van der Waals surface area contributed by atoms with Crippen LogP contribution in [0.25, 0.3) is 0 Å². The third-order valence-corrected chi connectivity index (χ3v) is 15.2. The number of allylic oxidation sites excluding steroid dienone is 1. The maximum Gasteiger partial charge on any atom is 0.285 e. The number of rotatable bonds is 5. The maximum absolute atomic E-state index is 14.8. The van der Waals surface area contributed by atoms with Crippen molar-refractivity contribution in [3.8, 4) is 5.75 Å². The second-order valence-corrected chi connectivity index (χ2v) is 19.2. The van der Waals surface area contributed by atoms with Gasteiger partial charge in [-0.1, -0.05) is 36.7 Å². The zero-order chi connectivity index (χ0) is 38.5. The molecule has 4 heterocycles. The molecule has 2 amide bonds. The topological polar surface area (TPSA) is 128 Å². The number of hydrogen-bond donors (Lipinski definition) is 0. The molecule has 1 spiro atoms. The number of hydrogen-bond acceptors (Lipinski definition) is 9. The fourth-order valence-corrected chi connectivity index (χ4v) is 12.0. The summed E-state index contributed by atoms with van der Waals surface area (Å²) in [5.74, 6) is 0.720. The maximum atomic E-state index is 14.8. The Morgan fingerprint density at radius 3 is 2.69 bits per heavy atom. The van der Waals surface area contributed by atoms with Gasteiger partial charge in [-0.15, -0.1) is 0 Å².